The quantitative estimate of drug-likeness (QED) is 0.583. The summed E-state index contributed by atoms with van der Waals surface area (Å²) in [5.74, 6) is 1.23. The first kappa shape index (κ1) is 16.4. The van der Waals surface area contributed by atoms with Gasteiger partial charge in [0.2, 0.25) is 0 Å². The molecule has 0 bridgehead atoms. The van der Waals surface area contributed by atoms with Gasteiger partial charge < -0.3 is 4.74 Å². The lowest BCUT2D eigenvalue weighted by atomic mass is 10.00. The molecule has 0 aliphatic carbocycles. The third-order valence-electron chi connectivity index (χ3n) is 3.47. The molecular weight excluding hydrogens is 296 g/mol. The van der Waals surface area contributed by atoms with Crippen LogP contribution in [0.25, 0.3) is 4.91 Å². The Hall–Kier alpha value is -1.00. The molecule has 0 N–H and O–H groups in total. The minimum atomic E-state index is -1.22. The van der Waals surface area contributed by atoms with Gasteiger partial charge in [0, 0.05) is 18.7 Å². The molecule has 0 radical (unpaired) electrons. The molecule has 1 aromatic carbocycles. The first-order chi connectivity index (χ1) is 9.92. The summed E-state index contributed by atoms with van der Waals surface area (Å²) in [4.78, 5) is 13.6. The molecule has 2 nitrogen and oxygen atoms in total. The monoisotopic (exact) mass is 320 g/mol. The standard InChI is InChI=1S/C17H24O2SSi/c1-5-19-17(18)15-14(12-21(2,3)4)11-20-16(15)13-9-7-6-8-10-13/h6-10,14H,5,11-12H2,1-4H3/t14-/m0/s1. The van der Waals surface area contributed by atoms with E-state index < -0.39 is 8.07 Å². The molecule has 0 saturated carbocycles. The highest BCUT2D eigenvalue weighted by atomic mass is 32.2. The van der Waals surface area contributed by atoms with E-state index in [0.717, 1.165) is 27.8 Å². The van der Waals surface area contributed by atoms with Crippen molar-refractivity contribution in [3.8, 4) is 0 Å². The van der Waals surface area contributed by atoms with Crippen LogP contribution in [0.15, 0.2) is 35.9 Å². The Morgan fingerprint density at radius 3 is 2.52 bits per heavy atom. The van der Waals surface area contributed by atoms with E-state index in [1.165, 1.54) is 0 Å². The van der Waals surface area contributed by atoms with Crippen LogP contribution in [0.5, 0.6) is 0 Å². The fourth-order valence-corrected chi connectivity index (χ4v) is 6.12. The molecule has 1 heterocycles. The van der Waals surface area contributed by atoms with Crippen molar-refractivity contribution in [2.45, 2.75) is 32.6 Å². The van der Waals surface area contributed by atoms with Crippen molar-refractivity contribution in [1.29, 1.82) is 0 Å². The largest absolute Gasteiger partial charge is 0.463 e. The second-order valence-corrected chi connectivity index (χ2v) is 13.2. The summed E-state index contributed by atoms with van der Waals surface area (Å²) in [6.07, 6.45) is 0. The number of benzene rings is 1. The Labute approximate surface area is 133 Å². The van der Waals surface area contributed by atoms with E-state index in [-0.39, 0.29) is 5.97 Å². The Morgan fingerprint density at radius 2 is 1.95 bits per heavy atom. The van der Waals surface area contributed by atoms with Crippen LogP contribution < -0.4 is 0 Å². The highest BCUT2D eigenvalue weighted by Crippen LogP contribution is 2.45. The third-order valence-corrected chi connectivity index (χ3v) is 6.50. The molecule has 0 aromatic heterocycles. The minimum absolute atomic E-state index is 0.121. The van der Waals surface area contributed by atoms with Gasteiger partial charge in [-0.1, -0.05) is 50.0 Å². The summed E-state index contributed by atoms with van der Waals surface area (Å²) in [6, 6.07) is 11.4. The average Bonchev–Trinajstić information content (AvgIpc) is 2.81. The third kappa shape index (κ3) is 4.24. The zero-order valence-electron chi connectivity index (χ0n) is 13.3. The Balaban J connectivity index is 2.38. The summed E-state index contributed by atoms with van der Waals surface area (Å²) in [7, 11) is -1.22. The van der Waals surface area contributed by atoms with Crippen LogP contribution in [0, 0.1) is 5.92 Å². The molecule has 1 aliphatic heterocycles. The Kier molecular flexibility index (Phi) is 5.33. The molecule has 0 saturated heterocycles. The van der Waals surface area contributed by atoms with E-state index in [1.807, 2.05) is 36.9 Å². The van der Waals surface area contributed by atoms with E-state index in [2.05, 4.69) is 31.8 Å². The van der Waals surface area contributed by atoms with Gasteiger partial charge in [-0.2, -0.15) is 0 Å². The highest BCUT2D eigenvalue weighted by Gasteiger charge is 2.35. The smallest absolute Gasteiger partial charge is 0.335 e. The molecule has 1 atom stereocenters. The van der Waals surface area contributed by atoms with E-state index in [4.69, 9.17) is 4.74 Å². The van der Waals surface area contributed by atoms with Gasteiger partial charge in [0.1, 0.15) is 0 Å². The number of hydrogen-bond acceptors (Lipinski definition) is 3. The van der Waals surface area contributed by atoms with Gasteiger partial charge in [0.05, 0.1) is 12.2 Å². The maximum Gasteiger partial charge on any atom is 0.335 e. The van der Waals surface area contributed by atoms with Crippen LogP contribution in [-0.2, 0) is 9.53 Å². The lowest BCUT2D eigenvalue weighted by molar-refractivity contribution is -0.138. The normalized spacial score (nSPS) is 19.0. The summed E-state index contributed by atoms with van der Waals surface area (Å²) >= 11 is 1.81. The number of ether oxygens (including phenoxy) is 1. The zero-order chi connectivity index (χ0) is 15.5. The van der Waals surface area contributed by atoms with Crippen LogP contribution in [0.3, 0.4) is 0 Å². The summed E-state index contributed by atoms with van der Waals surface area (Å²) in [6.45, 7) is 9.40. The Bertz CT molecular complexity index is 531. The second kappa shape index (κ2) is 6.84. The molecule has 1 aromatic rings. The molecule has 0 amide bonds. The van der Waals surface area contributed by atoms with Crippen LogP contribution >= 0.6 is 11.8 Å². The number of rotatable bonds is 5. The van der Waals surface area contributed by atoms with E-state index in [9.17, 15) is 4.79 Å². The van der Waals surface area contributed by atoms with Gasteiger partial charge in [-0.15, -0.1) is 11.8 Å². The van der Waals surface area contributed by atoms with Crippen LogP contribution in [-0.4, -0.2) is 26.4 Å². The van der Waals surface area contributed by atoms with Gasteiger partial charge >= 0.3 is 5.97 Å². The molecule has 0 spiro atoms. The molecule has 114 valence electrons. The highest BCUT2D eigenvalue weighted by molar-refractivity contribution is 8.08. The van der Waals surface area contributed by atoms with Crippen LogP contribution in [0.2, 0.25) is 25.7 Å². The number of hydrogen-bond donors (Lipinski definition) is 0. The lowest BCUT2D eigenvalue weighted by Gasteiger charge is -2.22. The number of thioether (sulfide) groups is 1. The maximum atomic E-state index is 12.4. The van der Waals surface area contributed by atoms with Gasteiger partial charge in [-0.3, -0.25) is 0 Å². The van der Waals surface area contributed by atoms with Crippen molar-refractivity contribution < 1.29 is 9.53 Å². The number of carbonyl (C=O) groups is 1. The molecule has 2 rings (SSSR count). The van der Waals surface area contributed by atoms with Gasteiger partial charge in [-0.05, 0) is 24.4 Å². The summed E-state index contributed by atoms with van der Waals surface area (Å²) in [5.41, 5.74) is 2.05. The molecule has 1 aliphatic rings. The lowest BCUT2D eigenvalue weighted by Crippen LogP contribution is -2.27. The van der Waals surface area contributed by atoms with Crippen molar-refractivity contribution in [2.24, 2.45) is 5.92 Å². The van der Waals surface area contributed by atoms with Crippen molar-refractivity contribution in [1.82, 2.24) is 0 Å². The van der Waals surface area contributed by atoms with Gasteiger partial charge in [-0.25, -0.2) is 4.79 Å². The van der Waals surface area contributed by atoms with Crippen molar-refractivity contribution in [3.63, 3.8) is 0 Å². The molecule has 4 heteroatoms. The van der Waals surface area contributed by atoms with E-state index in [0.29, 0.717) is 12.5 Å². The topological polar surface area (TPSA) is 26.3 Å². The zero-order valence-corrected chi connectivity index (χ0v) is 15.1. The molecular formula is C17H24O2SSi. The predicted octanol–water partition coefficient (Wildman–Crippen LogP) is 4.66. The SMILES string of the molecule is CCOC(=O)C1=C(c2ccccc2)SC[C@H]1C[Si](C)(C)C. The van der Waals surface area contributed by atoms with Crippen molar-refractivity contribution in [2.75, 3.05) is 12.4 Å². The van der Waals surface area contributed by atoms with E-state index in [1.54, 1.807) is 0 Å². The second-order valence-electron chi connectivity index (χ2n) is 6.60. The van der Waals surface area contributed by atoms with Crippen LogP contribution in [0.1, 0.15) is 12.5 Å². The van der Waals surface area contributed by atoms with E-state index >= 15 is 0 Å². The summed E-state index contributed by atoms with van der Waals surface area (Å²) < 4.78 is 5.33. The molecule has 21 heavy (non-hydrogen) atoms. The molecule has 0 unspecified atom stereocenters. The number of esters is 1. The van der Waals surface area contributed by atoms with Gasteiger partial charge in [0.15, 0.2) is 0 Å². The average molecular weight is 321 g/mol. The minimum Gasteiger partial charge on any atom is -0.463 e. The van der Waals surface area contributed by atoms with Crippen LogP contribution in [0.4, 0.5) is 0 Å². The molecule has 0 fully saturated rings. The fraction of sp³-hybridized carbons (Fsp3) is 0.471. The maximum absolute atomic E-state index is 12.4. The summed E-state index contributed by atoms with van der Waals surface area (Å²) in [5, 5.41) is 0. The first-order valence-corrected chi connectivity index (χ1v) is 12.2. The van der Waals surface area contributed by atoms with Gasteiger partial charge in [0.25, 0.3) is 0 Å². The fourth-order valence-electron chi connectivity index (χ4n) is 2.73. The van der Waals surface area contributed by atoms with Crippen molar-refractivity contribution >= 4 is 30.7 Å². The Morgan fingerprint density at radius 1 is 1.29 bits per heavy atom. The first-order valence-electron chi connectivity index (χ1n) is 7.52. The number of carbonyl (C=O) groups excluding carboxylic acids is 1. The predicted molar refractivity (Wildman–Crippen MR) is 94.1 cm³/mol. The van der Waals surface area contributed by atoms with Crippen molar-refractivity contribution in [3.05, 3.63) is 41.5 Å².